The first-order valence-corrected chi connectivity index (χ1v) is 10.9. The molecule has 162 valence electrons. The van der Waals surface area contributed by atoms with Gasteiger partial charge in [0.25, 0.3) is 5.91 Å². The number of methoxy groups -OCH3 is 2. The zero-order chi connectivity index (χ0) is 22.5. The van der Waals surface area contributed by atoms with Gasteiger partial charge in [-0.25, -0.2) is 9.79 Å². The summed E-state index contributed by atoms with van der Waals surface area (Å²) < 4.78 is 16.5. The van der Waals surface area contributed by atoms with Crippen molar-refractivity contribution in [2.45, 2.75) is 6.92 Å². The number of amidine groups is 1. The number of thioether (sulfide) groups is 1. The first-order valence-electron chi connectivity index (χ1n) is 9.33. The van der Waals surface area contributed by atoms with Crippen molar-refractivity contribution in [3.05, 3.63) is 56.9 Å². The van der Waals surface area contributed by atoms with Crippen LogP contribution in [0.5, 0.6) is 11.5 Å². The molecule has 0 saturated carbocycles. The molecule has 0 spiro atoms. The highest BCUT2D eigenvalue weighted by atomic mass is 79.9. The first kappa shape index (κ1) is 22.9. The lowest BCUT2D eigenvalue weighted by Gasteiger charge is -2.12. The van der Waals surface area contributed by atoms with Gasteiger partial charge in [0.1, 0.15) is 0 Å². The van der Waals surface area contributed by atoms with Gasteiger partial charge in [0.05, 0.1) is 41.5 Å². The molecule has 1 amide bonds. The van der Waals surface area contributed by atoms with Gasteiger partial charge in [0.2, 0.25) is 0 Å². The van der Waals surface area contributed by atoms with E-state index in [-0.39, 0.29) is 5.91 Å². The van der Waals surface area contributed by atoms with Crippen LogP contribution in [0, 0.1) is 0 Å². The highest BCUT2D eigenvalue weighted by Gasteiger charge is 2.30. The van der Waals surface area contributed by atoms with Gasteiger partial charge in [-0.3, -0.25) is 9.69 Å². The fraction of sp³-hybridized carbons (Fsp3) is 0.227. The van der Waals surface area contributed by atoms with E-state index in [9.17, 15) is 9.59 Å². The number of halogens is 1. The van der Waals surface area contributed by atoms with E-state index in [1.54, 1.807) is 44.5 Å². The first-order chi connectivity index (χ1) is 14.9. The molecular formula is C22H21BrN2O5S. The van der Waals surface area contributed by atoms with Gasteiger partial charge in [-0.1, -0.05) is 6.07 Å². The van der Waals surface area contributed by atoms with Crippen LogP contribution in [-0.4, -0.2) is 49.8 Å². The Morgan fingerprint density at radius 1 is 1.26 bits per heavy atom. The Labute approximate surface area is 193 Å². The number of nitrogens with zero attached hydrogens (tertiary/aromatic N) is 2. The number of hydrogen-bond donors (Lipinski definition) is 0. The molecule has 0 aromatic heterocycles. The van der Waals surface area contributed by atoms with Crippen LogP contribution in [0.25, 0.3) is 6.08 Å². The van der Waals surface area contributed by atoms with Crippen molar-refractivity contribution in [2.75, 3.05) is 27.9 Å². The number of carbonyl (C=O) groups excluding carboxylic acids is 2. The maximum atomic E-state index is 12.8. The number of aliphatic imine (C=N–C) groups is 1. The summed E-state index contributed by atoms with van der Waals surface area (Å²) in [6.07, 6.45) is 1.78. The number of hydrogen-bond acceptors (Lipinski definition) is 7. The lowest BCUT2D eigenvalue weighted by Crippen LogP contribution is -2.23. The van der Waals surface area contributed by atoms with E-state index in [0.29, 0.717) is 39.4 Å². The monoisotopic (exact) mass is 504 g/mol. The molecule has 0 bridgehead atoms. The molecule has 1 aliphatic rings. The van der Waals surface area contributed by atoms with Crippen molar-refractivity contribution in [1.82, 2.24) is 4.90 Å². The van der Waals surface area contributed by atoms with Gasteiger partial charge < -0.3 is 14.2 Å². The average molecular weight is 505 g/mol. The highest BCUT2D eigenvalue weighted by molar-refractivity contribution is 9.10. The van der Waals surface area contributed by atoms with E-state index in [1.165, 1.54) is 23.8 Å². The number of rotatable bonds is 6. The lowest BCUT2D eigenvalue weighted by molar-refractivity contribution is -0.121. The number of ether oxygens (including phenoxy) is 3. The lowest BCUT2D eigenvalue weighted by atomic mass is 10.2. The molecule has 1 saturated heterocycles. The molecule has 0 N–H and O–H groups in total. The Hall–Kier alpha value is -2.78. The molecular weight excluding hydrogens is 484 g/mol. The predicted octanol–water partition coefficient (Wildman–Crippen LogP) is 4.88. The van der Waals surface area contributed by atoms with Gasteiger partial charge >= 0.3 is 5.97 Å². The van der Waals surface area contributed by atoms with E-state index >= 15 is 0 Å². The summed E-state index contributed by atoms with van der Waals surface area (Å²) in [7, 11) is 4.55. The van der Waals surface area contributed by atoms with Crippen LogP contribution in [0.1, 0.15) is 22.8 Å². The number of carbonyl (C=O) groups is 2. The fourth-order valence-electron chi connectivity index (χ4n) is 2.84. The van der Waals surface area contributed by atoms with Crippen LogP contribution >= 0.6 is 27.7 Å². The minimum absolute atomic E-state index is 0.170. The molecule has 3 rings (SSSR count). The summed E-state index contributed by atoms with van der Waals surface area (Å²) in [5, 5.41) is 0.509. The zero-order valence-electron chi connectivity index (χ0n) is 17.5. The zero-order valence-corrected chi connectivity index (χ0v) is 19.9. The van der Waals surface area contributed by atoms with Gasteiger partial charge in [0, 0.05) is 7.05 Å². The van der Waals surface area contributed by atoms with Gasteiger partial charge in [-0.15, -0.1) is 0 Å². The summed E-state index contributed by atoms with van der Waals surface area (Å²) in [6.45, 7) is 2.40. The second-order valence-corrected chi connectivity index (χ2v) is 8.24. The van der Waals surface area contributed by atoms with E-state index in [2.05, 4.69) is 20.9 Å². The Morgan fingerprint density at radius 3 is 2.71 bits per heavy atom. The third-order valence-electron chi connectivity index (χ3n) is 4.33. The standard InChI is InChI=1S/C22H21BrN2O5S/c1-5-30-19-16(23)9-13(10-17(19)28-3)11-18-20(26)25(2)22(31-18)24-15-8-6-7-14(12-15)21(27)29-4/h6-12H,5H2,1-4H3. The van der Waals surface area contributed by atoms with Crippen LogP contribution in [0.3, 0.4) is 0 Å². The van der Waals surface area contributed by atoms with E-state index in [0.717, 1.165) is 10.0 Å². The minimum Gasteiger partial charge on any atom is -0.493 e. The molecule has 0 unspecified atom stereocenters. The number of likely N-dealkylation sites (N-methyl/N-ethyl adjacent to an activating group) is 1. The summed E-state index contributed by atoms with van der Waals surface area (Å²) >= 11 is 4.75. The van der Waals surface area contributed by atoms with Gasteiger partial charge in [-0.2, -0.15) is 0 Å². The Bertz CT molecular complexity index is 1080. The molecule has 1 heterocycles. The maximum absolute atomic E-state index is 12.8. The van der Waals surface area contributed by atoms with Crippen molar-refractivity contribution in [1.29, 1.82) is 0 Å². The molecule has 2 aromatic rings. The van der Waals surface area contributed by atoms with Crippen LogP contribution in [-0.2, 0) is 9.53 Å². The maximum Gasteiger partial charge on any atom is 0.337 e. The number of benzene rings is 2. The third-order valence-corrected chi connectivity index (χ3v) is 5.98. The van der Waals surface area contributed by atoms with E-state index in [4.69, 9.17) is 14.2 Å². The van der Waals surface area contributed by atoms with Crippen molar-refractivity contribution in [3.63, 3.8) is 0 Å². The summed E-state index contributed by atoms with van der Waals surface area (Å²) in [5.74, 6) is 0.570. The van der Waals surface area contributed by atoms with Gasteiger partial charge in [-0.05, 0) is 76.6 Å². The number of amides is 1. The Balaban J connectivity index is 1.91. The normalized spacial score (nSPS) is 16.2. The largest absolute Gasteiger partial charge is 0.493 e. The van der Waals surface area contributed by atoms with E-state index in [1.807, 2.05) is 19.1 Å². The minimum atomic E-state index is -0.443. The molecule has 0 aliphatic carbocycles. The molecule has 9 heteroatoms. The quantitative estimate of drug-likeness (QED) is 0.412. The topological polar surface area (TPSA) is 77.4 Å². The van der Waals surface area contributed by atoms with Crippen molar-refractivity contribution in [3.8, 4) is 11.5 Å². The summed E-state index contributed by atoms with van der Waals surface area (Å²) in [4.78, 5) is 31.0. The van der Waals surface area contributed by atoms with E-state index < -0.39 is 5.97 Å². The molecule has 0 radical (unpaired) electrons. The molecule has 2 aromatic carbocycles. The van der Waals surface area contributed by atoms with Crippen LogP contribution in [0.15, 0.2) is 50.8 Å². The van der Waals surface area contributed by atoms with Crippen molar-refractivity contribution < 1.29 is 23.8 Å². The fourth-order valence-corrected chi connectivity index (χ4v) is 4.40. The highest BCUT2D eigenvalue weighted by Crippen LogP contribution is 2.39. The molecule has 1 fully saturated rings. The second-order valence-electron chi connectivity index (χ2n) is 6.38. The Kier molecular flexibility index (Phi) is 7.40. The van der Waals surface area contributed by atoms with Crippen LogP contribution in [0.4, 0.5) is 5.69 Å². The SMILES string of the molecule is CCOc1c(Br)cc(C=C2SC(=Nc3cccc(C(=O)OC)c3)N(C)C2=O)cc1OC. The average Bonchev–Trinajstić information content (AvgIpc) is 3.02. The van der Waals surface area contributed by atoms with Crippen molar-refractivity contribution in [2.24, 2.45) is 4.99 Å². The smallest absolute Gasteiger partial charge is 0.337 e. The number of esters is 1. The predicted molar refractivity (Wildman–Crippen MR) is 125 cm³/mol. The molecule has 0 atom stereocenters. The van der Waals surface area contributed by atoms with Crippen molar-refractivity contribution >= 4 is 56.5 Å². The molecule has 31 heavy (non-hydrogen) atoms. The van der Waals surface area contributed by atoms with Crippen LogP contribution < -0.4 is 9.47 Å². The Morgan fingerprint density at radius 2 is 2.03 bits per heavy atom. The summed E-state index contributed by atoms with van der Waals surface area (Å²) in [5.41, 5.74) is 1.73. The summed E-state index contributed by atoms with van der Waals surface area (Å²) in [6, 6.07) is 10.4. The third kappa shape index (κ3) is 5.11. The molecule has 1 aliphatic heterocycles. The van der Waals surface area contributed by atoms with Crippen LogP contribution in [0.2, 0.25) is 0 Å². The molecule has 7 nitrogen and oxygen atoms in total. The second kappa shape index (κ2) is 10.0. The van der Waals surface area contributed by atoms with Gasteiger partial charge in [0.15, 0.2) is 16.7 Å².